The molecule has 0 saturated carbocycles. The second kappa shape index (κ2) is 17.3. The summed E-state index contributed by atoms with van der Waals surface area (Å²) in [5.74, 6) is -0.558. The van der Waals surface area contributed by atoms with Crippen LogP contribution in [0, 0.1) is 10.1 Å². The van der Waals surface area contributed by atoms with Gasteiger partial charge in [-0.15, -0.1) is 0 Å². The molecule has 0 aliphatic rings. The molecule has 0 unspecified atom stereocenters. The minimum atomic E-state index is -0.604. The minimum Gasteiger partial charge on any atom is -0.425 e. The van der Waals surface area contributed by atoms with Crippen molar-refractivity contribution in [3.63, 3.8) is 0 Å². The Morgan fingerprint density at radius 3 is 1.81 bits per heavy atom. The third-order valence-corrected chi connectivity index (χ3v) is 5.22. The number of unbranched alkanes of at least 4 members (excludes halogenated alkanes) is 12. The van der Waals surface area contributed by atoms with Crippen LogP contribution < -0.4 is 10.1 Å². The van der Waals surface area contributed by atoms with Crippen molar-refractivity contribution in [3.8, 4) is 5.75 Å². The molecule has 0 atom stereocenters. The lowest BCUT2D eigenvalue weighted by molar-refractivity contribution is -0.384. The van der Waals surface area contributed by atoms with E-state index in [0.717, 1.165) is 19.3 Å². The van der Waals surface area contributed by atoms with Gasteiger partial charge in [0.1, 0.15) is 12.3 Å². The van der Waals surface area contributed by atoms with Crippen LogP contribution >= 0.6 is 0 Å². The highest BCUT2D eigenvalue weighted by Gasteiger charge is 2.10. The van der Waals surface area contributed by atoms with Crippen molar-refractivity contribution in [2.45, 2.75) is 96.8 Å². The Kier molecular flexibility index (Phi) is 14.8. The number of ether oxygens (including phenoxy) is 1. The van der Waals surface area contributed by atoms with E-state index in [4.69, 9.17) is 4.74 Å². The number of benzene rings is 1. The highest BCUT2D eigenvalue weighted by atomic mass is 16.6. The van der Waals surface area contributed by atoms with Crippen molar-refractivity contribution in [2.75, 3.05) is 6.54 Å². The van der Waals surface area contributed by atoms with Gasteiger partial charge in [0.15, 0.2) is 0 Å². The molecule has 0 heterocycles. The summed E-state index contributed by atoms with van der Waals surface area (Å²) in [5, 5.41) is 13.2. The zero-order chi connectivity index (χ0) is 22.7. The Morgan fingerprint density at radius 2 is 1.32 bits per heavy atom. The van der Waals surface area contributed by atoms with E-state index in [1.165, 1.54) is 88.5 Å². The van der Waals surface area contributed by atoms with Crippen LogP contribution in [0.25, 0.3) is 0 Å². The average molecular weight is 435 g/mol. The molecule has 31 heavy (non-hydrogen) atoms. The molecule has 1 N–H and O–H groups in total. The normalized spacial score (nSPS) is 10.6. The maximum atomic E-state index is 11.8. The Bertz CT molecular complexity index is 646. The first kappa shape index (κ1) is 26.6. The summed E-state index contributed by atoms with van der Waals surface area (Å²) in [6.45, 7) is 2.03. The Balaban J connectivity index is 1.95. The summed E-state index contributed by atoms with van der Waals surface area (Å²) < 4.78 is 5.05. The lowest BCUT2D eigenvalue weighted by Gasteiger charge is -2.06. The Hall–Kier alpha value is -2.44. The molecule has 1 aromatic rings. The van der Waals surface area contributed by atoms with Crippen LogP contribution in [-0.2, 0) is 9.59 Å². The van der Waals surface area contributed by atoms with E-state index >= 15 is 0 Å². The molecule has 1 aromatic carbocycles. The van der Waals surface area contributed by atoms with Gasteiger partial charge in [-0.3, -0.25) is 14.9 Å². The number of carbonyl (C=O) groups is 2. The fourth-order valence-electron chi connectivity index (χ4n) is 3.37. The number of nitro groups is 1. The summed E-state index contributed by atoms with van der Waals surface area (Å²) >= 11 is 0. The maximum absolute atomic E-state index is 11.8. The molecule has 0 radical (unpaired) electrons. The van der Waals surface area contributed by atoms with E-state index in [9.17, 15) is 19.7 Å². The van der Waals surface area contributed by atoms with Crippen LogP contribution in [0.5, 0.6) is 5.75 Å². The summed E-state index contributed by atoms with van der Waals surface area (Å²) in [5.41, 5.74) is -0.0779. The van der Waals surface area contributed by atoms with E-state index < -0.39 is 10.9 Å². The zero-order valence-corrected chi connectivity index (χ0v) is 18.9. The van der Waals surface area contributed by atoms with Gasteiger partial charge in [-0.25, -0.2) is 4.79 Å². The van der Waals surface area contributed by atoms with Crippen molar-refractivity contribution in [1.29, 1.82) is 0 Å². The van der Waals surface area contributed by atoms with E-state index in [2.05, 4.69) is 12.2 Å². The summed E-state index contributed by atoms with van der Waals surface area (Å²) in [6, 6.07) is 5.22. The molecule has 0 saturated heterocycles. The van der Waals surface area contributed by atoms with Gasteiger partial charge in [0, 0.05) is 18.6 Å². The number of carbonyl (C=O) groups excluding carboxylic acids is 2. The topological polar surface area (TPSA) is 98.5 Å². The maximum Gasteiger partial charge on any atom is 0.330 e. The first-order valence-electron chi connectivity index (χ1n) is 11.7. The predicted molar refractivity (Wildman–Crippen MR) is 122 cm³/mol. The number of nitrogens with one attached hydrogen (secondary N) is 1. The Labute approximate surface area is 186 Å². The van der Waals surface area contributed by atoms with Crippen molar-refractivity contribution in [2.24, 2.45) is 0 Å². The van der Waals surface area contributed by atoms with Crippen LogP contribution in [-0.4, -0.2) is 23.3 Å². The van der Waals surface area contributed by atoms with Gasteiger partial charge in [0.25, 0.3) is 5.69 Å². The van der Waals surface area contributed by atoms with Gasteiger partial charge < -0.3 is 10.1 Å². The van der Waals surface area contributed by atoms with E-state index in [1.54, 1.807) is 0 Å². The largest absolute Gasteiger partial charge is 0.425 e. The number of amides is 1. The van der Waals surface area contributed by atoms with E-state index in [1.807, 2.05) is 0 Å². The molecule has 7 heteroatoms. The van der Waals surface area contributed by atoms with Crippen LogP contribution in [0.2, 0.25) is 0 Å². The Morgan fingerprint density at radius 1 is 0.839 bits per heavy atom. The van der Waals surface area contributed by atoms with Gasteiger partial charge in [-0.1, -0.05) is 84.0 Å². The molecule has 0 aliphatic heterocycles. The lowest BCUT2D eigenvalue weighted by atomic mass is 10.0. The summed E-state index contributed by atoms with van der Waals surface area (Å²) in [4.78, 5) is 33.7. The highest BCUT2D eigenvalue weighted by Crippen LogP contribution is 2.17. The minimum absolute atomic E-state index is 0.0779. The van der Waals surface area contributed by atoms with E-state index in [0.29, 0.717) is 6.42 Å². The molecule has 7 nitrogen and oxygen atoms in total. The number of esters is 1. The highest BCUT2D eigenvalue weighted by molar-refractivity contribution is 5.82. The fraction of sp³-hybridized carbons (Fsp3) is 0.667. The molecular formula is C24H38N2O5. The number of nitro benzene ring substituents is 1. The molecule has 1 amide bonds. The molecule has 0 aromatic heterocycles. The predicted octanol–water partition coefficient (Wildman–Crippen LogP) is 6.10. The lowest BCUT2D eigenvalue weighted by Crippen LogP contribution is -2.31. The molecule has 0 fully saturated rings. The standard InChI is InChI=1S/C24H38N2O5/c1-2-3-4-5-6-7-8-9-10-11-12-13-14-15-23(27)25-20-24(28)31-22-18-16-21(17-19-22)26(29)30/h16-19H,2-15,20H2,1H3,(H,25,27). The monoisotopic (exact) mass is 434 g/mol. The second-order valence-electron chi connectivity index (χ2n) is 7.99. The van der Waals surface area contributed by atoms with Crippen molar-refractivity contribution >= 4 is 17.6 Å². The molecule has 1 rings (SSSR count). The number of nitrogens with zero attached hydrogens (tertiary/aromatic N) is 1. The first-order chi connectivity index (χ1) is 15.0. The molecular weight excluding hydrogens is 396 g/mol. The quantitative estimate of drug-likeness (QED) is 0.0989. The van der Waals surface area contributed by atoms with E-state index in [-0.39, 0.29) is 23.9 Å². The van der Waals surface area contributed by atoms with Gasteiger partial charge in [0.05, 0.1) is 4.92 Å². The fourth-order valence-corrected chi connectivity index (χ4v) is 3.37. The van der Waals surface area contributed by atoms with Crippen LogP contribution in [0.4, 0.5) is 5.69 Å². The van der Waals surface area contributed by atoms with Crippen molar-refractivity contribution in [1.82, 2.24) is 5.32 Å². The van der Waals surface area contributed by atoms with Crippen LogP contribution in [0.1, 0.15) is 96.8 Å². The number of hydrogen-bond acceptors (Lipinski definition) is 5. The second-order valence-corrected chi connectivity index (χ2v) is 7.99. The summed E-state index contributed by atoms with van der Waals surface area (Å²) in [7, 11) is 0. The third-order valence-electron chi connectivity index (χ3n) is 5.22. The van der Waals surface area contributed by atoms with Crippen molar-refractivity contribution < 1.29 is 19.2 Å². The van der Waals surface area contributed by atoms with Crippen molar-refractivity contribution in [3.05, 3.63) is 34.4 Å². The molecule has 174 valence electrons. The molecule has 0 aliphatic carbocycles. The summed E-state index contributed by atoms with van der Waals surface area (Å²) in [6.07, 6.45) is 16.7. The third kappa shape index (κ3) is 14.2. The number of rotatable bonds is 18. The average Bonchev–Trinajstić information content (AvgIpc) is 2.76. The zero-order valence-electron chi connectivity index (χ0n) is 18.9. The van der Waals surface area contributed by atoms with Crippen LogP contribution in [0.15, 0.2) is 24.3 Å². The molecule has 0 spiro atoms. The SMILES string of the molecule is CCCCCCCCCCCCCCCC(=O)NCC(=O)Oc1ccc([N+](=O)[O-])cc1. The van der Waals surface area contributed by atoms with Gasteiger partial charge in [0.2, 0.25) is 5.91 Å². The smallest absolute Gasteiger partial charge is 0.330 e. The van der Waals surface area contributed by atoms with Gasteiger partial charge >= 0.3 is 5.97 Å². The number of hydrogen-bond donors (Lipinski definition) is 1. The van der Waals surface area contributed by atoms with Crippen LogP contribution in [0.3, 0.4) is 0 Å². The number of non-ortho nitro benzene ring substituents is 1. The molecule has 0 bridgehead atoms. The van der Waals surface area contributed by atoms with Gasteiger partial charge in [-0.2, -0.15) is 0 Å². The first-order valence-corrected chi connectivity index (χ1v) is 11.7. The van der Waals surface area contributed by atoms with Gasteiger partial charge in [-0.05, 0) is 18.6 Å².